The van der Waals surface area contributed by atoms with E-state index in [0.717, 1.165) is 17.0 Å². The highest BCUT2D eigenvalue weighted by atomic mass is 16.5. The zero-order valence-corrected chi connectivity index (χ0v) is 14.7. The Morgan fingerprint density at radius 3 is 2.67 bits per heavy atom. The number of carbonyl (C=O) groups excluding carboxylic acids is 2. The molecule has 2 heterocycles. The lowest BCUT2D eigenvalue weighted by molar-refractivity contribution is -0.146. The molecule has 8 heteroatoms. The summed E-state index contributed by atoms with van der Waals surface area (Å²) >= 11 is 0. The molecule has 24 heavy (non-hydrogen) atoms. The van der Waals surface area contributed by atoms with Crippen molar-refractivity contribution < 1.29 is 14.3 Å². The van der Waals surface area contributed by atoms with Crippen LogP contribution >= 0.6 is 0 Å². The Morgan fingerprint density at radius 1 is 1.33 bits per heavy atom. The van der Waals surface area contributed by atoms with Gasteiger partial charge in [0.05, 0.1) is 7.11 Å². The Hall–Kier alpha value is -2.51. The number of hydrogen-bond acceptors (Lipinski definition) is 6. The van der Waals surface area contributed by atoms with Crippen molar-refractivity contribution in [3.63, 3.8) is 0 Å². The molecule has 0 spiro atoms. The zero-order chi connectivity index (χ0) is 17.9. The molecule has 0 aliphatic rings. The first-order valence-corrected chi connectivity index (χ1v) is 7.88. The molecule has 1 amide bonds. The van der Waals surface area contributed by atoms with Crippen LogP contribution in [0.3, 0.4) is 0 Å². The van der Waals surface area contributed by atoms with Gasteiger partial charge in [-0.15, -0.1) is 0 Å². The fourth-order valence-corrected chi connectivity index (χ4v) is 2.63. The lowest BCUT2D eigenvalue weighted by atomic mass is 10.0. The predicted molar refractivity (Wildman–Crippen MR) is 87.4 cm³/mol. The van der Waals surface area contributed by atoms with E-state index in [2.05, 4.69) is 20.4 Å². The SMILES string of the molecule is COC(=O)C(NC(=O)CCc1c(C)nc2ncnn2c1C)C(C)C. The molecule has 2 aromatic rings. The quantitative estimate of drug-likeness (QED) is 0.792. The molecule has 0 saturated heterocycles. The molecular formula is C16H23N5O3. The van der Waals surface area contributed by atoms with Crippen molar-refractivity contribution in [2.24, 2.45) is 5.92 Å². The van der Waals surface area contributed by atoms with Gasteiger partial charge >= 0.3 is 5.97 Å². The van der Waals surface area contributed by atoms with Crippen LogP contribution in [-0.2, 0) is 20.7 Å². The summed E-state index contributed by atoms with van der Waals surface area (Å²) in [6.45, 7) is 7.53. The van der Waals surface area contributed by atoms with Gasteiger partial charge < -0.3 is 10.1 Å². The maximum absolute atomic E-state index is 12.2. The number of esters is 1. The standard InChI is InChI=1S/C16H23N5O3/c1-9(2)14(15(23)24-5)20-13(22)7-6-12-10(3)19-16-17-8-18-21(16)11(12)4/h8-9,14H,6-7H2,1-5H3,(H,20,22). The number of aromatic nitrogens is 4. The van der Waals surface area contributed by atoms with Crippen LogP contribution < -0.4 is 5.32 Å². The number of ether oxygens (including phenoxy) is 1. The van der Waals surface area contributed by atoms with Gasteiger partial charge in [-0.1, -0.05) is 13.8 Å². The van der Waals surface area contributed by atoms with Crippen molar-refractivity contribution >= 4 is 17.7 Å². The molecule has 0 aromatic carbocycles. The zero-order valence-electron chi connectivity index (χ0n) is 14.7. The topological polar surface area (TPSA) is 98.5 Å². The van der Waals surface area contributed by atoms with Gasteiger partial charge in [-0.25, -0.2) is 14.3 Å². The number of methoxy groups -OCH3 is 1. The van der Waals surface area contributed by atoms with E-state index in [4.69, 9.17) is 4.74 Å². The Labute approximate surface area is 140 Å². The minimum Gasteiger partial charge on any atom is -0.467 e. The molecule has 1 atom stereocenters. The lowest BCUT2D eigenvalue weighted by Crippen LogP contribution is -2.45. The van der Waals surface area contributed by atoms with E-state index in [1.807, 2.05) is 27.7 Å². The van der Waals surface area contributed by atoms with Gasteiger partial charge in [0.25, 0.3) is 5.78 Å². The second-order valence-electron chi connectivity index (χ2n) is 6.05. The number of hydrogen-bond donors (Lipinski definition) is 1. The second-order valence-corrected chi connectivity index (χ2v) is 6.05. The first kappa shape index (κ1) is 17.8. The number of nitrogens with one attached hydrogen (secondary N) is 1. The van der Waals surface area contributed by atoms with E-state index >= 15 is 0 Å². The summed E-state index contributed by atoms with van der Waals surface area (Å²) in [5.74, 6) is -0.130. The van der Waals surface area contributed by atoms with Crippen LogP contribution in [0, 0.1) is 19.8 Å². The van der Waals surface area contributed by atoms with Crippen molar-refractivity contribution in [2.45, 2.75) is 46.6 Å². The number of aryl methyl sites for hydroxylation is 2. The van der Waals surface area contributed by atoms with Crippen molar-refractivity contribution in [2.75, 3.05) is 7.11 Å². The van der Waals surface area contributed by atoms with Crippen LogP contribution in [0.4, 0.5) is 0 Å². The summed E-state index contributed by atoms with van der Waals surface area (Å²) in [5.41, 5.74) is 2.70. The minimum absolute atomic E-state index is 0.0435. The van der Waals surface area contributed by atoms with E-state index in [1.165, 1.54) is 13.4 Å². The Morgan fingerprint density at radius 2 is 2.04 bits per heavy atom. The normalized spacial score (nSPS) is 12.4. The summed E-state index contributed by atoms with van der Waals surface area (Å²) in [6.07, 6.45) is 2.22. The summed E-state index contributed by atoms with van der Waals surface area (Å²) in [7, 11) is 1.32. The molecule has 0 bridgehead atoms. The molecule has 0 aliphatic carbocycles. The van der Waals surface area contributed by atoms with E-state index < -0.39 is 12.0 Å². The monoisotopic (exact) mass is 333 g/mol. The molecule has 1 N–H and O–H groups in total. The fraction of sp³-hybridized carbons (Fsp3) is 0.562. The Balaban J connectivity index is 2.07. The summed E-state index contributed by atoms with van der Waals surface area (Å²) in [6, 6.07) is -0.638. The smallest absolute Gasteiger partial charge is 0.328 e. The molecule has 2 aromatic heterocycles. The molecule has 0 radical (unpaired) electrons. The molecular weight excluding hydrogens is 310 g/mol. The minimum atomic E-state index is -0.638. The van der Waals surface area contributed by atoms with Crippen molar-refractivity contribution in [1.82, 2.24) is 24.9 Å². The Bertz CT molecular complexity index is 753. The van der Waals surface area contributed by atoms with Crippen LogP contribution in [0.2, 0.25) is 0 Å². The summed E-state index contributed by atoms with van der Waals surface area (Å²) < 4.78 is 6.39. The second kappa shape index (κ2) is 7.37. The van der Waals surface area contributed by atoms with Gasteiger partial charge in [0.1, 0.15) is 12.4 Å². The third-order valence-corrected chi connectivity index (χ3v) is 4.03. The van der Waals surface area contributed by atoms with Crippen LogP contribution in [0.25, 0.3) is 5.78 Å². The highest BCUT2D eigenvalue weighted by molar-refractivity contribution is 5.84. The summed E-state index contributed by atoms with van der Waals surface area (Å²) in [4.78, 5) is 32.4. The maximum Gasteiger partial charge on any atom is 0.328 e. The van der Waals surface area contributed by atoms with E-state index in [0.29, 0.717) is 12.2 Å². The summed E-state index contributed by atoms with van der Waals surface area (Å²) in [5, 5.41) is 6.87. The first-order chi connectivity index (χ1) is 11.3. The van der Waals surface area contributed by atoms with E-state index in [-0.39, 0.29) is 18.2 Å². The van der Waals surface area contributed by atoms with Gasteiger partial charge in [-0.3, -0.25) is 4.79 Å². The van der Waals surface area contributed by atoms with Gasteiger partial charge in [-0.05, 0) is 31.7 Å². The third-order valence-electron chi connectivity index (χ3n) is 4.03. The average Bonchev–Trinajstić information content (AvgIpc) is 2.99. The van der Waals surface area contributed by atoms with Gasteiger partial charge in [0.15, 0.2) is 0 Å². The predicted octanol–water partition coefficient (Wildman–Crippen LogP) is 0.988. The molecule has 8 nitrogen and oxygen atoms in total. The largest absolute Gasteiger partial charge is 0.467 e. The van der Waals surface area contributed by atoms with E-state index in [9.17, 15) is 9.59 Å². The Kier molecular flexibility index (Phi) is 5.48. The highest BCUT2D eigenvalue weighted by Crippen LogP contribution is 2.15. The van der Waals surface area contributed by atoms with Gasteiger partial charge in [0, 0.05) is 17.8 Å². The molecule has 0 aliphatic heterocycles. The highest BCUT2D eigenvalue weighted by Gasteiger charge is 2.24. The van der Waals surface area contributed by atoms with E-state index in [1.54, 1.807) is 4.52 Å². The molecule has 2 rings (SSSR count). The number of carbonyl (C=O) groups is 2. The third kappa shape index (κ3) is 3.69. The molecule has 1 unspecified atom stereocenters. The molecule has 0 fully saturated rings. The van der Waals surface area contributed by atoms with Crippen LogP contribution in [0.1, 0.15) is 37.2 Å². The first-order valence-electron chi connectivity index (χ1n) is 7.88. The lowest BCUT2D eigenvalue weighted by Gasteiger charge is -2.20. The van der Waals surface area contributed by atoms with Crippen molar-refractivity contribution in [1.29, 1.82) is 0 Å². The average molecular weight is 333 g/mol. The van der Waals surface area contributed by atoms with Crippen LogP contribution in [0.5, 0.6) is 0 Å². The molecule has 0 saturated carbocycles. The van der Waals surface area contributed by atoms with Crippen LogP contribution in [-0.4, -0.2) is 44.6 Å². The maximum atomic E-state index is 12.2. The van der Waals surface area contributed by atoms with Gasteiger partial charge in [0.2, 0.25) is 5.91 Å². The van der Waals surface area contributed by atoms with Crippen molar-refractivity contribution in [3.8, 4) is 0 Å². The van der Waals surface area contributed by atoms with Gasteiger partial charge in [-0.2, -0.15) is 10.1 Å². The number of rotatable bonds is 6. The number of fused-ring (bicyclic) bond motifs is 1. The molecule has 130 valence electrons. The van der Waals surface area contributed by atoms with Crippen LogP contribution in [0.15, 0.2) is 6.33 Å². The number of amides is 1. The van der Waals surface area contributed by atoms with Crippen molar-refractivity contribution in [3.05, 3.63) is 23.3 Å². The fourth-order valence-electron chi connectivity index (χ4n) is 2.63. The number of nitrogens with zero attached hydrogens (tertiary/aromatic N) is 4.